The van der Waals surface area contributed by atoms with Crippen molar-refractivity contribution in [2.45, 2.75) is 59.3 Å². The third-order valence-electron chi connectivity index (χ3n) is 3.90. The predicted octanol–water partition coefficient (Wildman–Crippen LogP) is 3.82. The highest BCUT2D eigenvalue weighted by molar-refractivity contribution is 5.83. The Morgan fingerprint density at radius 2 is 1.93 bits per heavy atom. The van der Waals surface area contributed by atoms with Crippen LogP contribution >= 0.6 is 0 Å². The molecule has 0 aliphatic heterocycles. The van der Waals surface area contributed by atoms with Gasteiger partial charge in [0, 0.05) is 11.8 Å². The Bertz CT molecular complexity index is 186. The second-order valence-electron chi connectivity index (χ2n) is 4.77. The third kappa shape index (κ3) is 2.59. The van der Waals surface area contributed by atoms with Crippen LogP contribution in [0.25, 0.3) is 0 Å². The van der Waals surface area contributed by atoms with Gasteiger partial charge in [-0.25, -0.2) is 0 Å². The van der Waals surface area contributed by atoms with Crippen molar-refractivity contribution in [2.75, 3.05) is 0 Å². The van der Waals surface area contributed by atoms with Crippen molar-refractivity contribution in [3.63, 3.8) is 0 Å². The van der Waals surface area contributed by atoms with Gasteiger partial charge in [0.25, 0.3) is 0 Å². The van der Waals surface area contributed by atoms with E-state index in [4.69, 9.17) is 0 Å². The van der Waals surface area contributed by atoms with E-state index >= 15 is 0 Å². The van der Waals surface area contributed by atoms with E-state index in [1.165, 1.54) is 25.7 Å². The summed E-state index contributed by atoms with van der Waals surface area (Å²) in [5, 5.41) is 0. The molecule has 0 bridgehead atoms. The molecule has 0 aromatic heterocycles. The van der Waals surface area contributed by atoms with Gasteiger partial charge in [-0.15, -0.1) is 0 Å². The Balaban J connectivity index is 2.58. The maximum absolute atomic E-state index is 12.1. The summed E-state index contributed by atoms with van der Waals surface area (Å²) in [4.78, 5) is 12.1. The van der Waals surface area contributed by atoms with Gasteiger partial charge in [0.1, 0.15) is 5.78 Å². The first-order valence-corrected chi connectivity index (χ1v) is 6.24. The average molecular weight is 196 g/mol. The number of rotatable bonds is 4. The molecule has 3 unspecified atom stereocenters. The molecule has 0 aromatic carbocycles. The van der Waals surface area contributed by atoms with Gasteiger partial charge in [-0.2, -0.15) is 0 Å². The number of hydrogen-bond acceptors (Lipinski definition) is 1. The molecule has 1 nitrogen and oxygen atoms in total. The second kappa shape index (κ2) is 5.53. The minimum Gasteiger partial charge on any atom is -0.299 e. The van der Waals surface area contributed by atoms with Crippen LogP contribution in [-0.4, -0.2) is 5.78 Å². The summed E-state index contributed by atoms with van der Waals surface area (Å²) in [6, 6.07) is 0. The minimum atomic E-state index is 0.284. The Morgan fingerprint density at radius 1 is 1.29 bits per heavy atom. The Hall–Kier alpha value is -0.330. The predicted molar refractivity (Wildman–Crippen MR) is 60.2 cm³/mol. The molecule has 1 saturated carbocycles. The second-order valence-corrected chi connectivity index (χ2v) is 4.77. The van der Waals surface area contributed by atoms with Crippen LogP contribution in [0.2, 0.25) is 0 Å². The maximum Gasteiger partial charge on any atom is 0.139 e. The average Bonchev–Trinajstić information content (AvgIpc) is 2.26. The first kappa shape index (κ1) is 11.7. The standard InChI is InChI=1S/C13H24O/c1-4-10(3)13(14)12-9-7-6-8-11(12)5-2/h10-12H,4-9H2,1-3H3. The highest BCUT2D eigenvalue weighted by Crippen LogP contribution is 2.34. The van der Waals surface area contributed by atoms with Gasteiger partial charge >= 0.3 is 0 Å². The molecule has 14 heavy (non-hydrogen) atoms. The van der Waals surface area contributed by atoms with Gasteiger partial charge in [0.2, 0.25) is 0 Å². The summed E-state index contributed by atoms with van der Waals surface area (Å²) >= 11 is 0. The topological polar surface area (TPSA) is 17.1 Å². The number of Topliss-reactive ketones (excluding diaryl/α,β-unsaturated/α-hetero) is 1. The Morgan fingerprint density at radius 3 is 2.50 bits per heavy atom. The van der Waals surface area contributed by atoms with Gasteiger partial charge < -0.3 is 0 Å². The molecule has 1 aliphatic carbocycles. The fraction of sp³-hybridized carbons (Fsp3) is 0.923. The molecule has 1 fully saturated rings. The molecule has 82 valence electrons. The van der Waals surface area contributed by atoms with Crippen molar-refractivity contribution in [2.24, 2.45) is 17.8 Å². The minimum absolute atomic E-state index is 0.284. The van der Waals surface area contributed by atoms with Crippen LogP contribution in [-0.2, 0) is 4.79 Å². The van der Waals surface area contributed by atoms with E-state index in [0.29, 0.717) is 17.6 Å². The van der Waals surface area contributed by atoms with Gasteiger partial charge in [0.05, 0.1) is 0 Å². The van der Waals surface area contributed by atoms with Crippen LogP contribution in [0.3, 0.4) is 0 Å². The van der Waals surface area contributed by atoms with Crippen molar-refractivity contribution >= 4 is 5.78 Å². The van der Waals surface area contributed by atoms with Gasteiger partial charge in [-0.1, -0.05) is 40.0 Å². The lowest BCUT2D eigenvalue weighted by atomic mass is 9.73. The normalized spacial score (nSPS) is 29.9. The molecule has 0 radical (unpaired) electrons. The van der Waals surface area contributed by atoms with Crippen LogP contribution in [0.1, 0.15) is 59.3 Å². The molecule has 1 aliphatic rings. The van der Waals surface area contributed by atoms with E-state index in [1.54, 1.807) is 0 Å². The summed E-state index contributed by atoms with van der Waals surface area (Å²) in [5.41, 5.74) is 0. The van der Waals surface area contributed by atoms with Crippen molar-refractivity contribution in [3.05, 3.63) is 0 Å². The molecule has 3 atom stereocenters. The number of hydrogen-bond donors (Lipinski definition) is 0. The van der Waals surface area contributed by atoms with Crippen LogP contribution in [0.4, 0.5) is 0 Å². The third-order valence-corrected chi connectivity index (χ3v) is 3.90. The molecule has 0 aromatic rings. The lowest BCUT2D eigenvalue weighted by molar-refractivity contribution is -0.129. The zero-order chi connectivity index (χ0) is 10.6. The van der Waals surface area contributed by atoms with Crippen molar-refractivity contribution in [1.29, 1.82) is 0 Å². The van der Waals surface area contributed by atoms with Crippen LogP contribution in [0.5, 0.6) is 0 Å². The molecule has 1 heteroatoms. The molecule has 0 spiro atoms. The van der Waals surface area contributed by atoms with Gasteiger partial charge in [-0.05, 0) is 25.2 Å². The summed E-state index contributed by atoms with van der Waals surface area (Å²) in [6.45, 7) is 6.43. The zero-order valence-corrected chi connectivity index (χ0v) is 9.88. The molecule has 0 amide bonds. The summed E-state index contributed by atoms with van der Waals surface area (Å²) in [5.74, 6) is 1.90. The number of carbonyl (C=O) groups excluding carboxylic acids is 1. The van der Waals surface area contributed by atoms with E-state index in [1.807, 2.05) is 0 Å². The van der Waals surface area contributed by atoms with Crippen molar-refractivity contribution in [3.8, 4) is 0 Å². The van der Waals surface area contributed by atoms with E-state index in [9.17, 15) is 4.79 Å². The summed E-state index contributed by atoms with van der Waals surface area (Å²) < 4.78 is 0. The molecule has 0 heterocycles. The van der Waals surface area contributed by atoms with E-state index in [-0.39, 0.29) is 5.92 Å². The van der Waals surface area contributed by atoms with Gasteiger partial charge in [-0.3, -0.25) is 4.79 Å². The zero-order valence-electron chi connectivity index (χ0n) is 9.88. The fourth-order valence-corrected chi connectivity index (χ4v) is 2.64. The molecular weight excluding hydrogens is 172 g/mol. The maximum atomic E-state index is 12.1. The molecule has 1 rings (SSSR count). The largest absolute Gasteiger partial charge is 0.299 e. The highest BCUT2D eigenvalue weighted by atomic mass is 16.1. The number of carbonyl (C=O) groups is 1. The van der Waals surface area contributed by atoms with E-state index < -0.39 is 0 Å². The molecular formula is C13H24O. The van der Waals surface area contributed by atoms with E-state index in [0.717, 1.165) is 12.8 Å². The lowest BCUT2D eigenvalue weighted by Gasteiger charge is -2.31. The Labute approximate surface area is 88.3 Å². The molecule has 0 N–H and O–H groups in total. The fourth-order valence-electron chi connectivity index (χ4n) is 2.64. The smallest absolute Gasteiger partial charge is 0.139 e. The summed E-state index contributed by atoms with van der Waals surface area (Å²) in [6.07, 6.45) is 7.23. The molecule has 0 saturated heterocycles. The van der Waals surface area contributed by atoms with Crippen LogP contribution < -0.4 is 0 Å². The number of ketones is 1. The van der Waals surface area contributed by atoms with E-state index in [2.05, 4.69) is 20.8 Å². The Kier molecular flexibility index (Phi) is 4.64. The SMILES string of the molecule is CCC(C)C(=O)C1CCCCC1CC. The monoisotopic (exact) mass is 196 g/mol. The van der Waals surface area contributed by atoms with Crippen molar-refractivity contribution < 1.29 is 4.79 Å². The van der Waals surface area contributed by atoms with Gasteiger partial charge in [0.15, 0.2) is 0 Å². The quantitative estimate of drug-likeness (QED) is 0.668. The summed E-state index contributed by atoms with van der Waals surface area (Å²) in [7, 11) is 0. The first-order chi connectivity index (χ1) is 6.70. The van der Waals surface area contributed by atoms with Crippen molar-refractivity contribution in [1.82, 2.24) is 0 Å². The first-order valence-electron chi connectivity index (χ1n) is 6.24. The lowest BCUT2D eigenvalue weighted by Crippen LogP contribution is -2.30. The highest BCUT2D eigenvalue weighted by Gasteiger charge is 2.31. The van der Waals surface area contributed by atoms with Crippen LogP contribution in [0.15, 0.2) is 0 Å². The van der Waals surface area contributed by atoms with Crippen LogP contribution in [0, 0.1) is 17.8 Å².